The molecule has 0 heterocycles. The molecule has 0 spiro atoms. The van der Waals surface area contributed by atoms with Gasteiger partial charge in [-0.3, -0.25) is 4.79 Å². The van der Waals surface area contributed by atoms with E-state index < -0.39 is 23.8 Å². The van der Waals surface area contributed by atoms with Gasteiger partial charge in [-0.25, -0.2) is 4.79 Å². The van der Waals surface area contributed by atoms with Gasteiger partial charge in [-0.15, -0.1) is 0 Å². The second-order valence-electron chi connectivity index (χ2n) is 10.8. The third-order valence-electron chi connectivity index (χ3n) is 5.73. The fourth-order valence-electron chi connectivity index (χ4n) is 5.43. The van der Waals surface area contributed by atoms with Crippen molar-refractivity contribution >= 4 is 18.3 Å². The number of fused-ring (bicyclic) bond motifs is 2. The third kappa shape index (κ3) is 7.00. The fraction of sp³-hybridized carbons (Fsp3) is 0.870. The van der Waals surface area contributed by atoms with Crippen LogP contribution in [0.25, 0.3) is 0 Å². The molecule has 1 N–H and O–H groups in total. The van der Waals surface area contributed by atoms with Crippen LogP contribution in [-0.4, -0.2) is 30.2 Å². The van der Waals surface area contributed by atoms with Crippen molar-refractivity contribution in [1.29, 1.82) is 0 Å². The molecule has 2 aliphatic carbocycles. The molecule has 0 aromatic rings. The lowest BCUT2D eigenvalue weighted by molar-refractivity contribution is -0.175. The van der Waals surface area contributed by atoms with Gasteiger partial charge in [0.25, 0.3) is 0 Å². The Labute approximate surface area is 176 Å². The van der Waals surface area contributed by atoms with E-state index in [1.54, 1.807) is 0 Å². The number of hydrogen-bond acceptors (Lipinski definition) is 5. The smallest absolute Gasteiger partial charge is 0.410 e. The SMILES string of the molecule is CC.CC(OC(=O)NC12CC(CC(C)(C)C1)CC(C)(C)C2)OC(=O)C(C)(C)C=O. The largest absolute Gasteiger partial charge is 0.425 e. The Hall–Kier alpha value is -1.59. The molecule has 0 aliphatic heterocycles. The predicted molar refractivity (Wildman–Crippen MR) is 113 cm³/mol. The fourth-order valence-corrected chi connectivity index (χ4v) is 5.43. The van der Waals surface area contributed by atoms with Crippen molar-refractivity contribution in [2.45, 2.75) is 106 Å². The van der Waals surface area contributed by atoms with Crippen molar-refractivity contribution < 1.29 is 23.9 Å². The van der Waals surface area contributed by atoms with Gasteiger partial charge >= 0.3 is 12.1 Å². The number of carbonyl (C=O) groups is 3. The van der Waals surface area contributed by atoms with Crippen molar-refractivity contribution in [2.24, 2.45) is 22.2 Å². The molecule has 6 heteroatoms. The van der Waals surface area contributed by atoms with E-state index in [0.29, 0.717) is 12.2 Å². The normalized spacial score (nSPS) is 28.1. The Morgan fingerprint density at radius 1 is 1.00 bits per heavy atom. The minimum absolute atomic E-state index is 0.165. The maximum Gasteiger partial charge on any atom is 0.410 e. The van der Waals surface area contributed by atoms with Crippen LogP contribution in [0.15, 0.2) is 0 Å². The molecule has 2 bridgehead atoms. The summed E-state index contributed by atoms with van der Waals surface area (Å²) in [6.45, 7) is 17.4. The van der Waals surface area contributed by atoms with Crippen LogP contribution in [0.4, 0.5) is 4.79 Å². The molecule has 1 amide bonds. The molecule has 6 nitrogen and oxygen atoms in total. The second-order valence-corrected chi connectivity index (χ2v) is 10.8. The second kappa shape index (κ2) is 9.05. The highest BCUT2D eigenvalue weighted by Gasteiger charge is 2.52. The number of carbonyl (C=O) groups excluding carboxylic acids is 3. The van der Waals surface area contributed by atoms with Crippen molar-refractivity contribution in [3.8, 4) is 0 Å². The number of nitrogens with one attached hydrogen (secondary N) is 1. The third-order valence-corrected chi connectivity index (χ3v) is 5.73. The van der Waals surface area contributed by atoms with Gasteiger partial charge in [0.15, 0.2) is 0 Å². The molecule has 168 valence electrons. The van der Waals surface area contributed by atoms with E-state index in [-0.39, 0.29) is 16.4 Å². The number of rotatable bonds is 5. The first kappa shape index (κ1) is 25.4. The minimum atomic E-state index is -1.26. The number of hydrogen-bond donors (Lipinski definition) is 1. The van der Waals surface area contributed by atoms with E-state index in [2.05, 4.69) is 33.0 Å². The molecule has 0 aromatic carbocycles. The lowest BCUT2D eigenvalue weighted by Gasteiger charge is -2.56. The Morgan fingerprint density at radius 2 is 1.48 bits per heavy atom. The summed E-state index contributed by atoms with van der Waals surface area (Å²) >= 11 is 0. The van der Waals surface area contributed by atoms with Crippen molar-refractivity contribution in [3.63, 3.8) is 0 Å². The molecule has 2 saturated carbocycles. The summed E-state index contributed by atoms with van der Waals surface area (Å²) in [5.74, 6) is -0.130. The van der Waals surface area contributed by atoms with E-state index in [0.717, 1.165) is 19.3 Å². The summed E-state index contributed by atoms with van der Waals surface area (Å²) in [7, 11) is 0. The Kier molecular flexibility index (Phi) is 7.94. The Bertz CT molecular complexity index is 588. The number of alkyl carbamates (subject to hydrolysis) is 1. The number of aldehydes is 1. The molecule has 0 aromatic heterocycles. The van der Waals surface area contributed by atoms with E-state index in [1.807, 2.05) is 13.8 Å². The van der Waals surface area contributed by atoms with Gasteiger partial charge in [0.1, 0.15) is 11.7 Å². The van der Waals surface area contributed by atoms with Crippen LogP contribution >= 0.6 is 0 Å². The molecule has 1 unspecified atom stereocenters. The minimum Gasteiger partial charge on any atom is -0.425 e. The van der Waals surface area contributed by atoms with Gasteiger partial charge in [-0.1, -0.05) is 41.5 Å². The zero-order chi connectivity index (χ0) is 22.7. The topological polar surface area (TPSA) is 81.7 Å². The number of ether oxygens (including phenoxy) is 2. The van der Waals surface area contributed by atoms with Crippen LogP contribution in [0, 0.1) is 22.2 Å². The van der Waals surface area contributed by atoms with E-state index in [9.17, 15) is 14.4 Å². The maximum atomic E-state index is 12.5. The Balaban J connectivity index is 0.00000204. The average Bonchev–Trinajstić information content (AvgIpc) is 2.52. The highest BCUT2D eigenvalue weighted by Crippen LogP contribution is 2.55. The van der Waals surface area contributed by atoms with Crippen LogP contribution in [-0.2, 0) is 19.1 Å². The van der Waals surface area contributed by atoms with Crippen molar-refractivity contribution in [3.05, 3.63) is 0 Å². The van der Waals surface area contributed by atoms with Crippen LogP contribution in [0.5, 0.6) is 0 Å². The van der Waals surface area contributed by atoms with E-state index >= 15 is 0 Å². The molecular formula is C23H41NO5. The summed E-state index contributed by atoms with van der Waals surface area (Å²) in [6.07, 6.45) is 4.00. The summed E-state index contributed by atoms with van der Waals surface area (Å²) < 4.78 is 10.4. The summed E-state index contributed by atoms with van der Waals surface area (Å²) in [6, 6.07) is 0. The molecule has 29 heavy (non-hydrogen) atoms. The van der Waals surface area contributed by atoms with Crippen molar-refractivity contribution in [2.75, 3.05) is 0 Å². The molecular weight excluding hydrogens is 370 g/mol. The van der Waals surface area contributed by atoms with E-state index in [4.69, 9.17) is 9.47 Å². The highest BCUT2D eigenvalue weighted by molar-refractivity contribution is 5.92. The molecule has 0 radical (unpaired) electrons. The molecule has 2 aliphatic rings. The summed E-state index contributed by atoms with van der Waals surface area (Å²) in [4.78, 5) is 35.5. The molecule has 2 fully saturated rings. The first-order valence-corrected chi connectivity index (χ1v) is 10.8. The van der Waals surface area contributed by atoms with Crippen LogP contribution in [0.3, 0.4) is 0 Å². The molecule has 1 atom stereocenters. The van der Waals surface area contributed by atoms with Gasteiger partial charge in [0.2, 0.25) is 6.29 Å². The van der Waals surface area contributed by atoms with Crippen LogP contribution in [0.1, 0.15) is 94.4 Å². The van der Waals surface area contributed by atoms with Crippen LogP contribution < -0.4 is 5.32 Å². The zero-order valence-electron chi connectivity index (χ0n) is 19.8. The van der Waals surface area contributed by atoms with Gasteiger partial charge in [0.05, 0.1) is 0 Å². The number of amides is 1. The standard InChI is InChI=1S/C21H35NO5.C2H6/c1-14(26-16(24)20(6,7)13-23)27-17(25)22-21-10-15(8-18(2,3)11-21)9-19(4,5)12-21;1-2/h13-15H,8-12H2,1-7H3,(H,22,25);1-2H3. The molecule has 0 saturated heterocycles. The highest BCUT2D eigenvalue weighted by atomic mass is 16.7. The first-order valence-electron chi connectivity index (χ1n) is 10.8. The lowest BCUT2D eigenvalue weighted by Crippen LogP contribution is -2.60. The maximum absolute atomic E-state index is 12.5. The van der Waals surface area contributed by atoms with Gasteiger partial charge in [-0.05, 0) is 62.7 Å². The first-order chi connectivity index (χ1) is 13.2. The van der Waals surface area contributed by atoms with Crippen molar-refractivity contribution in [1.82, 2.24) is 5.32 Å². The van der Waals surface area contributed by atoms with Gasteiger partial charge < -0.3 is 19.6 Å². The average molecular weight is 412 g/mol. The predicted octanol–water partition coefficient (Wildman–Crippen LogP) is 5.24. The van der Waals surface area contributed by atoms with Gasteiger partial charge in [-0.2, -0.15) is 0 Å². The lowest BCUT2D eigenvalue weighted by atomic mass is 9.53. The van der Waals surface area contributed by atoms with E-state index in [1.165, 1.54) is 33.6 Å². The quantitative estimate of drug-likeness (QED) is 0.290. The van der Waals surface area contributed by atoms with Crippen LogP contribution in [0.2, 0.25) is 0 Å². The zero-order valence-corrected chi connectivity index (χ0v) is 19.8. The Morgan fingerprint density at radius 3 is 1.93 bits per heavy atom. The summed E-state index contributed by atoms with van der Waals surface area (Å²) in [5.41, 5.74) is -1.23. The monoisotopic (exact) mass is 411 g/mol. The van der Waals surface area contributed by atoms with Gasteiger partial charge in [0, 0.05) is 12.5 Å². The number of esters is 1. The molecule has 2 rings (SSSR count). The summed E-state index contributed by atoms with van der Waals surface area (Å²) in [5, 5.41) is 3.11.